The zero-order valence-corrected chi connectivity index (χ0v) is 25.6. The van der Waals surface area contributed by atoms with Gasteiger partial charge in [0.15, 0.2) is 0 Å². The number of nitrogens with zero attached hydrogens (tertiary/aromatic N) is 2. The highest BCUT2D eigenvalue weighted by Gasteiger charge is 2.50. The molecule has 2 aliphatic rings. The molecule has 5 rings (SSSR count). The van der Waals surface area contributed by atoms with Crippen molar-refractivity contribution in [3.63, 3.8) is 0 Å². The fraction of sp³-hybridized carbons (Fsp3) is 0.394. The van der Waals surface area contributed by atoms with E-state index in [9.17, 15) is 27.9 Å². The third-order valence-corrected chi connectivity index (χ3v) is 9.12. The van der Waals surface area contributed by atoms with E-state index in [0.717, 1.165) is 41.4 Å². The molecule has 2 amide bonds. The second-order valence-corrected chi connectivity index (χ2v) is 12.6. The predicted molar refractivity (Wildman–Crippen MR) is 165 cm³/mol. The monoisotopic (exact) mass is 639 g/mol. The summed E-state index contributed by atoms with van der Waals surface area (Å²) in [6.07, 6.45) is 3.06. The van der Waals surface area contributed by atoms with Crippen LogP contribution in [0.2, 0.25) is 0 Å². The van der Waals surface area contributed by atoms with E-state index < -0.39 is 29.3 Å². The Kier molecular flexibility index (Phi) is 10.2. The van der Waals surface area contributed by atoms with Gasteiger partial charge in [0.25, 0.3) is 0 Å². The number of alkyl halides is 3. The number of halogens is 3. The van der Waals surface area contributed by atoms with Gasteiger partial charge in [-0.2, -0.15) is 13.2 Å². The van der Waals surface area contributed by atoms with Crippen LogP contribution in [0, 0.1) is 18.3 Å². The van der Waals surface area contributed by atoms with Gasteiger partial charge >= 0.3 is 6.18 Å². The Morgan fingerprint density at radius 3 is 2.56 bits per heavy atom. The molecule has 0 bridgehead atoms. The number of rotatable bonds is 13. The van der Waals surface area contributed by atoms with Gasteiger partial charge in [0.2, 0.25) is 11.8 Å². The predicted octanol–water partition coefficient (Wildman–Crippen LogP) is 4.64. The lowest BCUT2D eigenvalue weighted by Gasteiger charge is -2.33. The van der Waals surface area contributed by atoms with Gasteiger partial charge in [-0.05, 0) is 56.2 Å². The van der Waals surface area contributed by atoms with Crippen LogP contribution < -0.4 is 16.0 Å². The Morgan fingerprint density at radius 2 is 1.91 bits per heavy atom. The smallest absolute Gasteiger partial charge is 0.390 e. The summed E-state index contributed by atoms with van der Waals surface area (Å²) in [5, 5.41) is 23.0. The van der Waals surface area contributed by atoms with Crippen molar-refractivity contribution in [1.82, 2.24) is 25.9 Å². The highest BCUT2D eigenvalue weighted by Crippen LogP contribution is 2.51. The molecule has 12 heteroatoms. The minimum Gasteiger partial charge on any atom is -0.390 e. The van der Waals surface area contributed by atoms with E-state index in [-0.39, 0.29) is 37.2 Å². The van der Waals surface area contributed by atoms with E-state index >= 15 is 0 Å². The van der Waals surface area contributed by atoms with Gasteiger partial charge in [0.1, 0.15) is 5.01 Å². The second kappa shape index (κ2) is 14.1. The number of hydrogen-bond donors (Lipinski definition) is 4. The van der Waals surface area contributed by atoms with Crippen molar-refractivity contribution in [3.05, 3.63) is 105 Å². The van der Waals surface area contributed by atoms with Crippen molar-refractivity contribution < 1.29 is 27.9 Å². The maximum Gasteiger partial charge on any atom is 0.417 e. The number of benzene rings is 1. The molecule has 0 spiro atoms. The highest BCUT2D eigenvalue weighted by molar-refractivity contribution is 7.09. The number of nitrogens with one attached hydrogen (secondary N) is 3. The van der Waals surface area contributed by atoms with Crippen LogP contribution in [0.5, 0.6) is 0 Å². The lowest BCUT2D eigenvalue weighted by Crippen LogP contribution is -2.50. The molecular weight excluding hydrogens is 603 g/mol. The quantitative estimate of drug-likeness (QED) is 0.217. The number of amides is 2. The number of pyridine rings is 1. The molecule has 1 aromatic carbocycles. The Bertz CT molecular complexity index is 1540. The third-order valence-electron chi connectivity index (χ3n) is 8.15. The SMILES string of the molecule is Cc1csc(CNC(=O)C2(C3CC3)C=CC=C(C(=O)N[C@@H](Cc3ccccc3)[C@H](O)CNCc3ccc(C(F)(F)F)cn3)C2)n1. The Labute approximate surface area is 263 Å². The maximum atomic E-state index is 13.7. The van der Waals surface area contributed by atoms with Crippen LogP contribution in [0.3, 0.4) is 0 Å². The van der Waals surface area contributed by atoms with Crippen LogP contribution >= 0.6 is 11.3 Å². The van der Waals surface area contributed by atoms with Crippen LogP contribution in [-0.2, 0) is 35.3 Å². The summed E-state index contributed by atoms with van der Waals surface area (Å²) < 4.78 is 38.6. The highest BCUT2D eigenvalue weighted by atomic mass is 32.1. The summed E-state index contributed by atoms with van der Waals surface area (Å²) in [6.45, 7) is 2.42. The molecule has 8 nitrogen and oxygen atoms in total. The number of carbonyl (C=O) groups excluding carboxylic acids is 2. The lowest BCUT2D eigenvalue weighted by atomic mass is 9.73. The lowest BCUT2D eigenvalue weighted by molar-refractivity contribution is -0.138. The summed E-state index contributed by atoms with van der Waals surface area (Å²) >= 11 is 1.49. The summed E-state index contributed by atoms with van der Waals surface area (Å²) in [5.74, 6) is -0.358. The van der Waals surface area contributed by atoms with Gasteiger partial charge in [0.05, 0.1) is 35.4 Å². The van der Waals surface area contributed by atoms with Crippen LogP contribution in [0.25, 0.3) is 0 Å². The molecule has 238 valence electrons. The Morgan fingerprint density at radius 1 is 1.13 bits per heavy atom. The molecule has 3 atom stereocenters. The van der Waals surface area contributed by atoms with Gasteiger partial charge in [0, 0.05) is 35.9 Å². The van der Waals surface area contributed by atoms with E-state index in [1.165, 1.54) is 17.4 Å². The molecule has 4 N–H and O–H groups in total. The van der Waals surface area contributed by atoms with Gasteiger partial charge in [-0.1, -0.05) is 48.6 Å². The second-order valence-electron chi connectivity index (χ2n) is 11.6. The van der Waals surface area contributed by atoms with Gasteiger partial charge in [-0.15, -0.1) is 11.3 Å². The van der Waals surface area contributed by atoms with E-state index in [0.29, 0.717) is 24.2 Å². The van der Waals surface area contributed by atoms with Crippen LogP contribution in [0.4, 0.5) is 13.2 Å². The molecule has 2 aliphatic carbocycles. The van der Waals surface area contributed by atoms with E-state index in [4.69, 9.17) is 0 Å². The van der Waals surface area contributed by atoms with E-state index in [1.54, 1.807) is 12.2 Å². The zero-order chi connectivity index (χ0) is 32.0. The van der Waals surface area contributed by atoms with Gasteiger partial charge in [-0.25, -0.2) is 4.98 Å². The van der Waals surface area contributed by atoms with Crippen LogP contribution in [0.1, 0.15) is 46.8 Å². The summed E-state index contributed by atoms with van der Waals surface area (Å²) in [7, 11) is 0. The first kappa shape index (κ1) is 32.5. The molecule has 1 saturated carbocycles. The standard InChI is InChI=1S/C33H36F3N5O3S/c1-21-20-45-29(40-21)19-39-31(44)32(24-9-10-24)13-5-8-23(15-32)30(43)41-27(14-22-6-3-2-4-7-22)28(42)18-37-17-26-12-11-25(16-38-26)33(34,35)36/h2-8,11-13,16,20,24,27-28,37,42H,9-10,14-15,17-19H2,1H3,(H,39,44)(H,41,43)/t27-,28+,32?/m0/s1. The topological polar surface area (TPSA) is 116 Å². The van der Waals surface area contributed by atoms with Crippen molar-refractivity contribution in [3.8, 4) is 0 Å². The third kappa shape index (κ3) is 8.44. The first-order valence-corrected chi connectivity index (χ1v) is 15.7. The summed E-state index contributed by atoms with van der Waals surface area (Å²) in [6, 6.07) is 11.0. The minimum atomic E-state index is -4.47. The number of aromatic nitrogens is 2. The number of hydrogen-bond acceptors (Lipinski definition) is 7. The average Bonchev–Trinajstić information content (AvgIpc) is 3.81. The fourth-order valence-corrected chi connectivity index (χ4v) is 6.26. The van der Waals surface area contributed by atoms with Crippen LogP contribution in [0.15, 0.2) is 77.8 Å². The first-order chi connectivity index (χ1) is 21.5. The van der Waals surface area contributed by atoms with Crippen molar-refractivity contribution in [2.24, 2.45) is 11.3 Å². The Balaban J connectivity index is 1.23. The minimum absolute atomic E-state index is 0.0596. The molecule has 2 aromatic heterocycles. The number of aliphatic hydroxyl groups excluding tert-OH is 1. The summed E-state index contributed by atoms with van der Waals surface area (Å²) in [4.78, 5) is 35.5. The van der Waals surface area contributed by atoms with Crippen molar-refractivity contribution in [1.29, 1.82) is 0 Å². The Hall–Kier alpha value is -3.87. The van der Waals surface area contributed by atoms with Crippen molar-refractivity contribution in [2.75, 3.05) is 6.54 Å². The maximum absolute atomic E-state index is 13.7. The molecular formula is C33H36F3N5O3S. The first-order valence-electron chi connectivity index (χ1n) is 14.9. The van der Waals surface area contributed by atoms with Crippen molar-refractivity contribution >= 4 is 23.2 Å². The number of aryl methyl sites for hydroxylation is 1. The summed E-state index contributed by atoms with van der Waals surface area (Å²) in [5.41, 5.74) is 0.987. The fourth-order valence-electron chi connectivity index (χ4n) is 5.55. The molecule has 0 aliphatic heterocycles. The van der Waals surface area contributed by atoms with Gasteiger partial charge < -0.3 is 21.1 Å². The van der Waals surface area contributed by atoms with E-state index in [2.05, 4.69) is 25.9 Å². The molecule has 1 unspecified atom stereocenters. The average molecular weight is 640 g/mol. The number of aliphatic hydroxyl groups is 1. The normalized spacial score (nSPS) is 19.4. The molecule has 1 fully saturated rings. The van der Waals surface area contributed by atoms with E-state index in [1.807, 2.05) is 48.7 Å². The number of thiazole rings is 1. The molecule has 0 saturated heterocycles. The largest absolute Gasteiger partial charge is 0.417 e. The number of allylic oxidation sites excluding steroid dienone is 2. The van der Waals surface area contributed by atoms with Gasteiger partial charge in [-0.3, -0.25) is 14.6 Å². The molecule has 0 radical (unpaired) electrons. The van der Waals surface area contributed by atoms with Crippen molar-refractivity contribution in [2.45, 2.75) is 64.0 Å². The number of carbonyl (C=O) groups is 2. The molecule has 3 aromatic rings. The molecule has 45 heavy (non-hydrogen) atoms. The van der Waals surface area contributed by atoms with Crippen LogP contribution in [-0.4, -0.2) is 45.6 Å². The molecule has 2 heterocycles. The zero-order valence-electron chi connectivity index (χ0n) is 24.8.